The molecule has 0 aliphatic rings. The van der Waals surface area contributed by atoms with Crippen LogP contribution in [0, 0.1) is 12.7 Å². The minimum absolute atomic E-state index is 0.00261. The third-order valence-electron chi connectivity index (χ3n) is 3.84. The molecule has 0 amide bonds. The molecule has 0 aliphatic carbocycles. The van der Waals surface area contributed by atoms with E-state index < -0.39 is 0 Å². The molecule has 3 aromatic rings. The van der Waals surface area contributed by atoms with Gasteiger partial charge in [0.25, 0.3) is 0 Å². The second-order valence-corrected chi connectivity index (χ2v) is 5.85. The van der Waals surface area contributed by atoms with Gasteiger partial charge in [0, 0.05) is 11.8 Å². The van der Waals surface area contributed by atoms with E-state index in [1.54, 1.807) is 12.2 Å². The lowest BCUT2D eigenvalue weighted by Gasteiger charge is -2.02. The van der Waals surface area contributed by atoms with Crippen molar-refractivity contribution in [3.05, 3.63) is 65.0 Å². The summed E-state index contributed by atoms with van der Waals surface area (Å²) in [6, 6.07) is 10.5. The van der Waals surface area contributed by atoms with E-state index in [-0.39, 0.29) is 11.6 Å². The molecule has 2 aromatic carbocycles. The van der Waals surface area contributed by atoms with Crippen molar-refractivity contribution in [2.75, 3.05) is 5.73 Å². The summed E-state index contributed by atoms with van der Waals surface area (Å²) in [6.07, 6.45) is 4.17. The van der Waals surface area contributed by atoms with Crippen molar-refractivity contribution in [2.24, 2.45) is 0 Å². The number of nitrogens with zero attached hydrogens (tertiary/aromatic N) is 1. The van der Waals surface area contributed by atoms with Crippen LogP contribution in [0.4, 0.5) is 10.2 Å². The molecule has 0 saturated carbocycles. The number of rotatable bonds is 5. The highest BCUT2D eigenvalue weighted by molar-refractivity contribution is 5.95. The number of nitrogens with one attached hydrogen (secondary N) is 1. The first-order valence-corrected chi connectivity index (χ1v) is 7.72. The first-order valence-electron chi connectivity index (χ1n) is 7.72. The van der Waals surface area contributed by atoms with Crippen molar-refractivity contribution < 1.29 is 9.18 Å². The first-order chi connectivity index (χ1) is 11.5. The lowest BCUT2D eigenvalue weighted by Crippen LogP contribution is -1.97. The number of aryl methyl sites for hydroxylation is 2. The Balaban J connectivity index is 1.64. The Morgan fingerprint density at radius 3 is 2.92 bits per heavy atom. The third kappa shape index (κ3) is 3.68. The maximum Gasteiger partial charge on any atom is 0.156 e. The number of nitrogens with two attached hydrogens (primary N) is 1. The molecule has 0 bridgehead atoms. The summed E-state index contributed by atoms with van der Waals surface area (Å²) >= 11 is 0. The summed E-state index contributed by atoms with van der Waals surface area (Å²) in [7, 11) is 0. The number of hydrogen-bond donors (Lipinski definition) is 2. The Hall–Kier alpha value is -2.95. The van der Waals surface area contributed by atoms with Gasteiger partial charge in [0.05, 0.1) is 5.52 Å². The molecule has 122 valence electrons. The lowest BCUT2D eigenvalue weighted by atomic mass is 10.0. The number of H-pyrrole nitrogens is 1. The second kappa shape index (κ2) is 6.66. The van der Waals surface area contributed by atoms with E-state index in [1.165, 1.54) is 12.1 Å². The van der Waals surface area contributed by atoms with E-state index in [1.807, 2.05) is 31.2 Å². The number of aromatic nitrogens is 2. The van der Waals surface area contributed by atoms with Crippen molar-refractivity contribution in [1.82, 2.24) is 10.2 Å². The average Bonchev–Trinajstić information content (AvgIpc) is 2.91. The molecule has 1 aromatic heterocycles. The van der Waals surface area contributed by atoms with Crippen LogP contribution in [-0.2, 0) is 11.2 Å². The Bertz CT molecular complexity index is 907. The summed E-state index contributed by atoms with van der Waals surface area (Å²) in [6.45, 7) is 1.84. The molecule has 0 fully saturated rings. The maximum atomic E-state index is 13.3. The lowest BCUT2D eigenvalue weighted by molar-refractivity contribution is -0.114. The van der Waals surface area contributed by atoms with Gasteiger partial charge in [-0.3, -0.25) is 9.89 Å². The number of ketones is 1. The van der Waals surface area contributed by atoms with Crippen LogP contribution in [0.5, 0.6) is 0 Å². The van der Waals surface area contributed by atoms with Gasteiger partial charge in [-0.05, 0) is 60.4 Å². The van der Waals surface area contributed by atoms with E-state index in [0.717, 1.165) is 27.6 Å². The van der Waals surface area contributed by atoms with E-state index in [2.05, 4.69) is 10.2 Å². The molecule has 0 unspecified atom stereocenters. The molecular formula is C19H18FN3O. The van der Waals surface area contributed by atoms with E-state index in [9.17, 15) is 9.18 Å². The minimum atomic E-state index is -0.265. The largest absolute Gasteiger partial charge is 0.382 e. The summed E-state index contributed by atoms with van der Waals surface area (Å²) in [5.74, 6) is 0.171. The number of aromatic amines is 1. The fourth-order valence-corrected chi connectivity index (χ4v) is 2.65. The zero-order valence-corrected chi connectivity index (χ0v) is 13.3. The standard InChI is InChI=1S/C19H18FN3O/c1-12-8-14(10-15(20)9-12)3-6-16(24)5-2-13-4-7-18-17(11-13)19(21)23-22-18/h2,4-5,7-11H,3,6H2,1H3,(H3,21,22,23)/b5-2+. The number of benzene rings is 2. The zero-order chi connectivity index (χ0) is 17.1. The van der Waals surface area contributed by atoms with Crippen LogP contribution >= 0.6 is 0 Å². The highest BCUT2D eigenvalue weighted by Crippen LogP contribution is 2.20. The Kier molecular flexibility index (Phi) is 4.42. The smallest absolute Gasteiger partial charge is 0.156 e. The maximum absolute atomic E-state index is 13.3. The summed E-state index contributed by atoms with van der Waals surface area (Å²) in [5.41, 5.74) is 9.21. The van der Waals surface area contributed by atoms with E-state index in [4.69, 9.17) is 5.73 Å². The topological polar surface area (TPSA) is 71.8 Å². The molecule has 3 rings (SSSR count). The normalized spacial score (nSPS) is 11.4. The van der Waals surface area contributed by atoms with Crippen molar-refractivity contribution in [3.8, 4) is 0 Å². The molecule has 4 nitrogen and oxygen atoms in total. The summed E-state index contributed by atoms with van der Waals surface area (Å²) in [5, 5.41) is 7.60. The second-order valence-electron chi connectivity index (χ2n) is 5.85. The number of hydrogen-bond acceptors (Lipinski definition) is 3. The molecule has 3 N–H and O–H groups in total. The van der Waals surface area contributed by atoms with Crippen molar-refractivity contribution in [2.45, 2.75) is 19.8 Å². The molecular weight excluding hydrogens is 305 g/mol. The number of carbonyl (C=O) groups is 1. The van der Waals surface area contributed by atoms with Gasteiger partial charge in [-0.1, -0.05) is 18.2 Å². The van der Waals surface area contributed by atoms with Crippen molar-refractivity contribution in [3.63, 3.8) is 0 Å². The first kappa shape index (κ1) is 15.9. The predicted octanol–water partition coefficient (Wildman–Crippen LogP) is 3.81. The SMILES string of the molecule is Cc1cc(F)cc(CCC(=O)/C=C/c2ccc3[nH]nc(N)c3c2)c1. The van der Waals surface area contributed by atoms with E-state index >= 15 is 0 Å². The Morgan fingerprint density at radius 1 is 1.29 bits per heavy atom. The fraction of sp³-hybridized carbons (Fsp3) is 0.158. The third-order valence-corrected chi connectivity index (χ3v) is 3.84. The molecule has 0 atom stereocenters. The van der Waals surface area contributed by atoms with Gasteiger partial charge in [-0.2, -0.15) is 5.10 Å². The van der Waals surface area contributed by atoms with Gasteiger partial charge < -0.3 is 5.73 Å². The molecule has 5 heteroatoms. The molecule has 0 spiro atoms. The van der Waals surface area contributed by atoms with Gasteiger partial charge in [0.1, 0.15) is 5.82 Å². The van der Waals surface area contributed by atoms with Gasteiger partial charge in [-0.15, -0.1) is 0 Å². The van der Waals surface area contributed by atoms with Crippen LogP contribution in [0.1, 0.15) is 23.1 Å². The minimum Gasteiger partial charge on any atom is -0.382 e. The van der Waals surface area contributed by atoms with Gasteiger partial charge in [0.15, 0.2) is 11.6 Å². The number of nitrogen functional groups attached to an aromatic ring is 1. The van der Waals surface area contributed by atoms with Crippen LogP contribution in [0.15, 0.2) is 42.5 Å². The van der Waals surface area contributed by atoms with Crippen molar-refractivity contribution in [1.29, 1.82) is 0 Å². The molecule has 0 aliphatic heterocycles. The van der Waals surface area contributed by atoms with Crippen molar-refractivity contribution >= 4 is 28.6 Å². The van der Waals surface area contributed by atoms with E-state index in [0.29, 0.717) is 18.7 Å². The zero-order valence-electron chi connectivity index (χ0n) is 13.3. The van der Waals surface area contributed by atoms with Crippen LogP contribution in [0.25, 0.3) is 17.0 Å². The fourth-order valence-electron chi connectivity index (χ4n) is 2.65. The van der Waals surface area contributed by atoms with Crippen LogP contribution in [-0.4, -0.2) is 16.0 Å². The Labute approximate surface area is 139 Å². The predicted molar refractivity (Wildman–Crippen MR) is 94.0 cm³/mol. The van der Waals surface area contributed by atoms with Crippen LogP contribution in [0.3, 0.4) is 0 Å². The van der Waals surface area contributed by atoms with Crippen LogP contribution < -0.4 is 5.73 Å². The number of halogens is 1. The number of anilines is 1. The molecule has 0 saturated heterocycles. The molecule has 1 heterocycles. The number of allylic oxidation sites excluding steroid dienone is 1. The average molecular weight is 323 g/mol. The van der Waals surface area contributed by atoms with Crippen LogP contribution in [0.2, 0.25) is 0 Å². The monoisotopic (exact) mass is 323 g/mol. The van der Waals surface area contributed by atoms with Gasteiger partial charge in [0.2, 0.25) is 0 Å². The quantitative estimate of drug-likeness (QED) is 0.701. The molecule has 0 radical (unpaired) electrons. The number of fused-ring (bicyclic) bond motifs is 1. The summed E-state index contributed by atoms with van der Waals surface area (Å²) in [4.78, 5) is 12.0. The summed E-state index contributed by atoms with van der Waals surface area (Å²) < 4.78 is 13.3. The molecule has 24 heavy (non-hydrogen) atoms. The van der Waals surface area contributed by atoms with Gasteiger partial charge >= 0.3 is 0 Å². The number of carbonyl (C=O) groups excluding carboxylic acids is 1. The highest BCUT2D eigenvalue weighted by atomic mass is 19.1. The Morgan fingerprint density at radius 2 is 2.12 bits per heavy atom. The highest BCUT2D eigenvalue weighted by Gasteiger charge is 2.04. The van der Waals surface area contributed by atoms with Gasteiger partial charge in [-0.25, -0.2) is 4.39 Å².